The smallest absolute Gasteiger partial charge is 0.327 e. The average molecular weight is 395 g/mol. The van der Waals surface area contributed by atoms with Crippen molar-refractivity contribution in [2.75, 3.05) is 11.9 Å². The number of aryl methyl sites for hydroxylation is 1. The van der Waals surface area contributed by atoms with Crippen LogP contribution in [0.5, 0.6) is 0 Å². The van der Waals surface area contributed by atoms with Crippen LogP contribution in [-0.2, 0) is 0 Å². The minimum atomic E-state index is -4.57. The summed E-state index contributed by atoms with van der Waals surface area (Å²) in [6.07, 6.45) is -3.77. The van der Waals surface area contributed by atoms with Crippen LogP contribution in [-0.4, -0.2) is 23.1 Å². The number of allylic oxidation sites excluding steroid dienone is 1. The number of nitrogens with zero attached hydrogens (tertiary/aromatic N) is 2. The summed E-state index contributed by atoms with van der Waals surface area (Å²) >= 11 is 8.20. The van der Waals surface area contributed by atoms with E-state index in [0.29, 0.717) is 4.47 Å². The fourth-order valence-corrected chi connectivity index (χ4v) is 2.67. The number of anilines is 1. The van der Waals surface area contributed by atoms with Crippen molar-refractivity contribution in [2.24, 2.45) is 0 Å². The number of hydrogen-bond acceptors (Lipinski definition) is 2. The molecule has 2 nitrogen and oxygen atoms in total. The predicted octanol–water partition coefficient (Wildman–Crippen LogP) is 4.89. The average Bonchev–Trinajstić information content (AvgIpc) is 2.38. The first-order valence-electron chi connectivity index (χ1n) is 6.05. The van der Waals surface area contributed by atoms with Gasteiger partial charge in [0, 0.05) is 17.6 Å². The van der Waals surface area contributed by atoms with Crippen molar-refractivity contribution in [1.82, 2.24) is 4.90 Å². The SMILES string of the molecule is C=C1N(C)C(C(F)(F)F)=CC(=S)N1c1cc(C)c(Br)cc1F. The monoisotopic (exact) mass is 394 g/mol. The Morgan fingerprint density at radius 3 is 2.41 bits per heavy atom. The summed E-state index contributed by atoms with van der Waals surface area (Å²) in [5.41, 5.74) is -0.159. The van der Waals surface area contributed by atoms with Crippen molar-refractivity contribution in [3.05, 3.63) is 52.2 Å². The Bertz CT molecular complexity index is 697. The highest BCUT2D eigenvalue weighted by atomic mass is 79.9. The molecule has 0 aliphatic carbocycles. The van der Waals surface area contributed by atoms with E-state index in [1.807, 2.05) is 0 Å². The van der Waals surface area contributed by atoms with Gasteiger partial charge in [0.25, 0.3) is 0 Å². The molecule has 1 aliphatic heterocycles. The van der Waals surface area contributed by atoms with E-state index in [4.69, 9.17) is 12.2 Å². The highest BCUT2D eigenvalue weighted by Crippen LogP contribution is 2.37. The van der Waals surface area contributed by atoms with Gasteiger partial charge >= 0.3 is 6.18 Å². The fraction of sp³-hybridized carbons (Fsp3) is 0.214. The molecule has 8 heteroatoms. The Kier molecular flexibility index (Phi) is 4.36. The second kappa shape index (κ2) is 5.66. The summed E-state index contributed by atoms with van der Waals surface area (Å²) < 4.78 is 53.6. The Labute approximate surface area is 138 Å². The second-order valence-corrected chi connectivity index (χ2v) is 6.00. The maximum Gasteiger partial charge on any atom is 0.431 e. The van der Waals surface area contributed by atoms with Gasteiger partial charge in [-0.25, -0.2) is 4.39 Å². The number of benzene rings is 1. The van der Waals surface area contributed by atoms with Crippen LogP contribution in [0.25, 0.3) is 0 Å². The fourth-order valence-electron chi connectivity index (χ4n) is 2.04. The molecule has 0 radical (unpaired) electrons. The van der Waals surface area contributed by atoms with E-state index in [1.54, 1.807) is 6.92 Å². The van der Waals surface area contributed by atoms with Crippen LogP contribution in [0.3, 0.4) is 0 Å². The molecule has 0 aromatic heterocycles. The molecule has 0 atom stereocenters. The quantitative estimate of drug-likeness (QED) is 0.494. The Balaban J connectivity index is 2.55. The first kappa shape index (κ1) is 17.0. The number of alkyl halides is 3. The van der Waals surface area contributed by atoms with Crippen LogP contribution >= 0.6 is 28.1 Å². The van der Waals surface area contributed by atoms with E-state index in [0.717, 1.165) is 16.5 Å². The molecular formula is C14H11BrF4N2S. The molecule has 0 saturated heterocycles. The summed E-state index contributed by atoms with van der Waals surface area (Å²) in [6.45, 7) is 5.35. The lowest BCUT2D eigenvalue weighted by Crippen LogP contribution is -2.43. The van der Waals surface area contributed by atoms with Crippen LogP contribution in [0.1, 0.15) is 5.56 Å². The number of halogens is 5. The summed E-state index contributed by atoms with van der Waals surface area (Å²) in [5.74, 6) is -0.682. The van der Waals surface area contributed by atoms with Crippen molar-refractivity contribution in [3.63, 3.8) is 0 Å². The molecule has 1 heterocycles. The van der Waals surface area contributed by atoms with Crippen molar-refractivity contribution in [3.8, 4) is 0 Å². The molecule has 22 heavy (non-hydrogen) atoms. The Hall–Kier alpha value is -1.41. The Morgan fingerprint density at radius 1 is 1.27 bits per heavy atom. The van der Waals surface area contributed by atoms with Gasteiger partial charge in [0.15, 0.2) is 0 Å². The molecule has 0 fully saturated rings. The van der Waals surface area contributed by atoms with Crippen molar-refractivity contribution < 1.29 is 17.6 Å². The van der Waals surface area contributed by atoms with Gasteiger partial charge in [-0.3, -0.25) is 4.90 Å². The molecule has 0 spiro atoms. The third kappa shape index (κ3) is 2.89. The molecule has 1 aromatic carbocycles. The van der Waals surface area contributed by atoms with Crippen molar-refractivity contribution >= 4 is 38.8 Å². The zero-order valence-electron chi connectivity index (χ0n) is 11.6. The van der Waals surface area contributed by atoms with Crippen molar-refractivity contribution in [2.45, 2.75) is 13.1 Å². The minimum absolute atomic E-state index is 0.0556. The topological polar surface area (TPSA) is 6.48 Å². The highest BCUT2D eigenvalue weighted by Gasteiger charge is 2.41. The number of rotatable bonds is 1. The standard InChI is InChI=1S/C14H11BrF4N2S/c1-7-4-11(10(16)5-9(7)15)21-8(2)20(3)12(6-13(21)22)14(17,18)19/h4-6H,2H2,1,3H3. The van der Waals surface area contributed by atoms with E-state index < -0.39 is 17.7 Å². The maximum absolute atomic E-state index is 14.2. The van der Waals surface area contributed by atoms with Gasteiger partial charge in [0.2, 0.25) is 0 Å². The molecule has 1 aliphatic rings. The van der Waals surface area contributed by atoms with Crippen molar-refractivity contribution in [1.29, 1.82) is 0 Å². The summed E-state index contributed by atoms with van der Waals surface area (Å²) in [5, 5.41) is 0. The van der Waals surface area contributed by atoms with E-state index >= 15 is 0 Å². The molecule has 0 amide bonds. The molecule has 0 unspecified atom stereocenters. The first-order valence-corrected chi connectivity index (χ1v) is 7.25. The molecule has 118 valence electrons. The molecule has 2 rings (SSSR count). The summed E-state index contributed by atoms with van der Waals surface area (Å²) in [4.78, 5) is 1.85. The van der Waals surface area contributed by atoms with Gasteiger partial charge in [0.05, 0.1) is 5.69 Å². The normalized spacial score (nSPS) is 16.2. The van der Waals surface area contributed by atoms with Gasteiger partial charge in [0.1, 0.15) is 22.3 Å². The Morgan fingerprint density at radius 2 is 1.86 bits per heavy atom. The zero-order chi connectivity index (χ0) is 16.8. The second-order valence-electron chi connectivity index (χ2n) is 4.73. The van der Waals surface area contributed by atoms with Crippen LogP contribution in [0.4, 0.5) is 23.2 Å². The molecule has 0 saturated carbocycles. The van der Waals surface area contributed by atoms with Gasteiger partial charge in [-0.15, -0.1) is 0 Å². The third-order valence-electron chi connectivity index (χ3n) is 3.25. The van der Waals surface area contributed by atoms with E-state index in [-0.39, 0.29) is 16.5 Å². The van der Waals surface area contributed by atoms with Gasteiger partial charge < -0.3 is 4.90 Å². The molecular weight excluding hydrogens is 384 g/mol. The van der Waals surface area contributed by atoms with Gasteiger partial charge in [-0.2, -0.15) is 13.2 Å². The predicted molar refractivity (Wildman–Crippen MR) is 85.0 cm³/mol. The number of hydrogen-bond donors (Lipinski definition) is 0. The van der Waals surface area contributed by atoms with E-state index in [1.165, 1.54) is 24.1 Å². The van der Waals surface area contributed by atoms with Crippen LogP contribution < -0.4 is 4.90 Å². The highest BCUT2D eigenvalue weighted by molar-refractivity contribution is 9.10. The van der Waals surface area contributed by atoms with E-state index in [2.05, 4.69) is 22.5 Å². The van der Waals surface area contributed by atoms with Crippen LogP contribution in [0.2, 0.25) is 0 Å². The van der Waals surface area contributed by atoms with E-state index in [9.17, 15) is 17.6 Å². The molecule has 0 N–H and O–H groups in total. The molecule has 1 aromatic rings. The lowest BCUT2D eigenvalue weighted by atomic mass is 10.1. The minimum Gasteiger partial charge on any atom is -0.327 e. The lowest BCUT2D eigenvalue weighted by molar-refractivity contribution is -0.107. The summed E-state index contributed by atoms with van der Waals surface area (Å²) in [6, 6.07) is 2.74. The lowest BCUT2D eigenvalue weighted by Gasteiger charge is -2.38. The van der Waals surface area contributed by atoms with Gasteiger partial charge in [-0.1, -0.05) is 34.7 Å². The van der Waals surface area contributed by atoms with Crippen LogP contribution in [0, 0.1) is 12.7 Å². The first-order chi connectivity index (χ1) is 10.0. The maximum atomic E-state index is 14.2. The van der Waals surface area contributed by atoms with Gasteiger partial charge in [-0.05, 0) is 24.6 Å². The molecule has 0 bridgehead atoms. The largest absolute Gasteiger partial charge is 0.431 e. The summed E-state index contributed by atoms with van der Waals surface area (Å²) in [7, 11) is 1.21. The zero-order valence-corrected chi connectivity index (χ0v) is 14.0. The van der Waals surface area contributed by atoms with Crippen LogP contribution in [0.15, 0.2) is 40.8 Å². The number of thiocarbonyl (C=S) groups is 1. The third-order valence-corrected chi connectivity index (χ3v) is 4.40.